The summed E-state index contributed by atoms with van der Waals surface area (Å²) in [5, 5.41) is 9.01. The molecule has 10 heteroatoms. The van der Waals surface area contributed by atoms with Gasteiger partial charge in [-0.3, -0.25) is 0 Å². The minimum atomic E-state index is -4.24. The summed E-state index contributed by atoms with van der Waals surface area (Å²) in [6.07, 6.45) is 0.648. The number of hydrogen-bond donors (Lipinski definition) is 1. The Morgan fingerprint density at radius 2 is 1.69 bits per heavy atom. The number of piperazine rings is 1. The lowest BCUT2D eigenvalue weighted by Gasteiger charge is -2.34. The van der Waals surface area contributed by atoms with E-state index in [9.17, 15) is 22.0 Å². The molecule has 0 aromatic heterocycles. The van der Waals surface area contributed by atoms with E-state index in [1.165, 1.54) is 6.07 Å². The molecular weight excluding hydrogens is 470 g/mol. The second kappa shape index (κ2) is 8.86. The Hall–Kier alpha value is -1.88. The van der Waals surface area contributed by atoms with Crippen molar-refractivity contribution in [2.45, 2.75) is 11.3 Å². The van der Waals surface area contributed by atoms with E-state index < -0.39 is 32.5 Å². The highest BCUT2D eigenvalue weighted by Gasteiger charge is 2.33. The molecule has 1 heterocycles. The average molecular weight is 489 g/mol. The van der Waals surface area contributed by atoms with Crippen LogP contribution in [0, 0.1) is 11.6 Å². The van der Waals surface area contributed by atoms with Crippen LogP contribution in [-0.2, 0) is 16.4 Å². The maximum atomic E-state index is 13.9. The highest BCUT2D eigenvalue weighted by atomic mass is 79.9. The summed E-state index contributed by atoms with van der Waals surface area (Å²) in [5.74, 6) is -3.19. The largest absolute Gasteiger partial charge is 0.478 e. The predicted molar refractivity (Wildman–Crippen MR) is 106 cm³/mol. The number of carboxylic acids is 1. The molecule has 0 bridgehead atoms. The number of benzene rings is 2. The van der Waals surface area contributed by atoms with Crippen molar-refractivity contribution < 1.29 is 27.1 Å². The van der Waals surface area contributed by atoms with Gasteiger partial charge in [0.25, 0.3) is 0 Å². The summed E-state index contributed by atoms with van der Waals surface area (Å²) in [5.41, 5.74) is 1.14. The fraction of sp³-hybridized carbons (Fsp3) is 0.316. The second-order valence-electron chi connectivity index (χ2n) is 6.66. The van der Waals surface area contributed by atoms with Gasteiger partial charge in [0, 0.05) is 37.2 Å². The summed E-state index contributed by atoms with van der Waals surface area (Å²) in [4.78, 5) is 12.1. The number of sulfonamides is 1. The van der Waals surface area contributed by atoms with E-state index in [2.05, 4.69) is 20.8 Å². The van der Waals surface area contributed by atoms with E-state index in [0.29, 0.717) is 30.5 Å². The quantitative estimate of drug-likeness (QED) is 0.676. The lowest BCUT2D eigenvalue weighted by atomic mass is 10.1. The molecule has 0 amide bonds. The van der Waals surface area contributed by atoms with Gasteiger partial charge in [-0.25, -0.2) is 22.0 Å². The van der Waals surface area contributed by atoms with E-state index in [4.69, 9.17) is 5.11 Å². The first-order chi connectivity index (χ1) is 13.7. The molecule has 0 spiro atoms. The first-order valence-electron chi connectivity index (χ1n) is 8.88. The van der Waals surface area contributed by atoms with Gasteiger partial charge in [0.2, 0.25) is 10.0 Å². The van der Waals surface area contributed by atoms with Gasteiger partial charge in [0.05, 0.1) is 5.56 Å². The maximum absolute atomic E-state index is 13.9. The van der Waals surface area contributed by atoms with Crippen LogP contribution in [0.4, 0.5) is 8.78 Å². The third-order valence-electron chi connectivity index (χ3n) is 4.85. The number of halogens is 3. The molecule has 0 unspecified atom stereocenters. The van der Waals surface area contributed by atoms with Crippen molar-refractivity contribution in [3.05, 3.63) is 63.6 Å². The fourth-order valence-electron chi connectivity index (χ4n) is 3.21. The summed E-state index contributed by atoms with van der Waals surface area (Å²) < 4.78 is 54.9. The van der Waals surface area contributed by atoms with E-state index in [0.717, 1.165) is 28.1 Å². The van der Waals surface area contributed by atoms with Gasteiger partial charge in [-0.05, 0) is 36.2 Å². The zero-order valence-corrected chi connectivity index (χ0v) is 17.7. The van der Waals surface area contributed by atoms with Gasteiger partial charge in [-0.2, -0.15) is 4.31 Å². The van der Waals surface area contributed by atoms with Gasteiger partial charge in [0.1, 0.15) is 11.6 Å². The minimum Gasteiger partial charge on any atom is -0.478 e. The van der Waals surface area contributed by atoms with Crippen molar-refractivity contribution in [2.75, 3.05) is 32.7 Å². The Balaban J connectivity index is 1.60. The first-order valence-corrected chi connectivity index (χ1v) is 11.1. The van der Waals surface area contributed by atoms with Crippen LogP contribution in [0.5, 0.6) is 0 Å². The van der Waals surface area contributed by atoms with Crippen LogP contribution in [0.2, 0.25) is 0 Å². The smallest absolute Gasteiger partial charge is 0.335 e. The van der Waals surface area contributed by atoms with Crippen molar-refractivity contribution in [1.29, 1.82) is 0 Å². The standard InChI is InChI=1S/C19H19BrF2N2O4S/c20-15-12-14(19(25)26)5-4-13(15)6-7-23-8-10-24(11-9-23)29(27,28)18-16(21)2-1-3-17(18)22/h1-5,12H,6-11H2,(H,25,26). The normalized spacial score (nSPS) is 16.1. The highest BCUT2D eigenvalue weighted by Crippen LogP contribution is 2.24. The molecule has 0 atom stereocenters. The van der Waals surface area contributed by atoms with Gasteiger partial charge >= 0.3 is 5.97 Å². The molecule has 0 radical (unpaired) electrons. The number of carbonyl (C=O) groups is 1. The molecule has 1 aliphatic heterocycles. The number of rotatable bonds is 6. The van der Waals surface area contributed by atoms with Crippen molar-refractivity contribution >= 4 is 31.9 Å². The van der Waals surface area contributed by atoms with Gasteiger partial charge in [-0.15, -0.1) is 0 Å². The molecule has 1 fully saturated rings. The molecule has 0 saturated carbocycles. The molecule has 1 aliphatic rings. The topological polar surface area (TPSA) is 77.9 Å². The third-order valence-corrected chi connectivity index (χ3v) is 7.53. The zero-order valence-electron chi connectivity index (χ0n) is 15.3. The Bertz CT molecular complexity index is 1000. The molecule has 2 aromatic carbocycles. The molecule has 2 aromatic rings. The van der Waals surface area contributed by atoms with Crippen LogP contribution in [-0.4, -0.2) is 61.4 Å². The predicted octanol–water partition coefficient (Wildman–Crippen LogP) is 2.97. The first kappa shape index (κ1) is 21.8. The molecular formula is C19H19BrF2N2O4S. The summed E-state index contributed by atoms with van der Waals surface area (Å²) in [7, 11) is -4.24. The molecule has 3 rings (SSSR count). The van der Waals surface area contributed by atoms with Crippen LogP contribution in [0.3, 0.4) is 0 Å². The van der Waals surface area contributed by atoms with Crippen LogP contribution >= 0.6 is 15.9 Å². The van der Waals surface area contributed by atoms with Gasteiger partial charge in [-0.1, -0.05) is 28.1 Å². The molecule has 1 saturated heterocycles. The Labute approximate surface area is 175 Å². The molecule has 6 nitrogen and oxygen atoms in total. The summed E-state index contributed by atoms with van der Waals surface area (Å²) in [6, 6.07) is 7.82. The zero-order chi connectivity index (χ0) is 21.2. The van der Waals surface area contributed by atoms with Crippen molar-refractivity contribution in [1.82, 2.24) is 9.21 Å². The van der Waals surface area contributed by atoms with Crippen molar-refractivity contribution in [3.63, 3.8) is 0 Å². The van der Waals surface area contributed by atoms with Gasteiger partial charge in [0.15, 0.2) is 4.90 Å². The minimum absolute atomic E-state index is 0.134. The Morgan fingerprint density at radius 1 is 1.07 bits per heavy atom. The van der Waals surface area contributed by atoms with Crippen LogP contribution in [0.1, 0.15) is 15.9 Å². The SMILES string of the molecule is O=C(O)c1ccc(CCN2CCN(S(=O)(=O)c3c(F)cccc3F)CC2)c(Br)c1. The average Bonchev–Trinajstić information content (AvgIpc) is 2.67. The highest BCUT2D eigenvalue weighted by molar-refractivity contribution is 9.10. The molecule has 1 N–H and O–H groups in total. The number of carboxylic acid groups (broad SMARTS) is 1. The van der Waals surface area contributed by atoms with Crippen LogP contribution in [0.25, 0.3) is 0 Å². The third kappa shape index (κ3) is 4.82. The lowest BCUT2D eigenvalue weighted by Crippen LogP contribution is -2.49. The Kier molecular flexibility index (Phi) is 6.67. The molecule has 156 valence electrons. The second-order valence-corrected chi connectivity index (χ2v) is 9.39. The van der Waals surface area contributed by atoms with Crippen molar-refractivity contribution in [3.8, 4) is 0 Å². The fourth-order valence-corrected chi connectivity index (χ4v) is 5.32. The van der Waals surface area contributed by atoms with E-state index in [-0.39, 0.29) is 18.7 Å². The lowest BCUT2D eigenvalue weighted by molar-refractivity contribution is 0.0696. The number of hydrogen-bond acceptors (Lipinski definition) is 4. The van der Waals surface area contributed by atoms with Crippen molar-refractivity contribution in [2.24, 2.45) is 0 Å². The Morgan fingerprint density at radius 3 is 2.24 bits per heavy atom. The molecule has 29 heavy (non-hydrogen) atoms. The van der Waals surface area contributed by atoms with Crippen LogP contribution in [0.15, 0.2) is 45.8 Å². The molecule has 0 aliphatic carbocycles. The maximum Gasteiger partial charge on any atom is 0.335 e. The van der Waals surface area contributed by atoms with E-state index in [1.54, 1.807) is 12.1 Å². The van der Waals surface area contributed by atoms with E-state index in [1.807, 2.05) is 0 Å². The van der Waals surface area contributed by atoms with Gasteiger partial charge < -0.3 is 10.0 Å². The van der Waals surface area contributed by atoms with E-state index >= 15 is 0 Å². The number of aromatic carboxylic acids is 1. The van der Waals surface area contributed by atoms with Crippen LogP contribution < -0.4 is 0 Å². The monoisotopic (exact) mass is 488 g/mol. The summed E-state index contributed by atoms with van der Waals surface area (Å²) in [6.45, 7) is 1.78. The number of nitrogens with zero attached hydrogens (tertiary/aromatic N) is 2. The summed E-state index contributed by atoms with van der Waals surface area (Å²) >= 11 is 3.38.